The minimum atomic E-state index is -3.89. The minimum absolute atomic E-state index is 0.00972. The number of amides is 1. The molecule has 148 valence electrons. The number of carboxylic acids is 1. The maximum absolute atomic E-state index is 12.9. The Balaban J connectivity index is 1.71. The number of rotatable bonds is 6. The number of carbonyl (C=O) groups is 2. The first-order valence-corrected chi connectivity index (χ1v) is 11.0. The van der Waals surface area contributed by atoms with Crippen molar-refractivity contribution in [3.05, 3.63) is 35.9 Å². The van der Waals surface area contributed by atoms with Gasteiger partial charge in [0.25, 0.3) is 0 Å². The van der Waals surface area contributed by atoms with E-state index in [9.17, 15) is 23.1 Å². The molecule has 2 atom stereocenters. The summed E-state index contributed by atoms with van der Waals surface area (Å²) in [6.07, 6.45) is 4.87. The molecule has 0 spiro atoms. The number of carbonyl (C=O) groups excluding carboxylic acids is 1. The molecular formula is C19H26N2O5S. The van der Waals surface area contributed by atoms with Gasteiger partial charge in [0.1, 0.15) is 6.04 Å². The zero-order chi connectivity index (χ0) is 19.4. The molecule has 7 nitrogen and oxygen atoms in total. The van der Waals surface area contributed by atoms with Crippen molar-refractivity contribution in [1.82, 2.24) is 9.62 Å². The molecule has 0 radical (unpaired) electrons. The number of nitrogens with zero attached hydrogens (tertiary/aromatic N) is 1. The van der Waals surface area contributed by atoms with Crippen molar-refractivity contribution in [1.29, 1.82) is 0 Å². The first kappa shape index (κ1) is 19.8. The molecule has 1 aliphatic heterocycles. The summed E-state index contributed by atoms with van der Waals surface area (Å²) in [5.41, 5.74) is 0.378. The van der Waals surface area contributed by atoms with Gasteiger partial charge >= 0.3 is 5.97 Å². The van der Waals surface area contributed by atoms with Crippen molar-refractivity contribution >= 4 is 21.9 Å². The van der Waals surface area contributed by atoms with Crippen LogP contribution in [0.5, 0.6) is 0 Å². The van der Waals surface area contributed by atoms with Crippen LogP contribution in [0.2, 0.25) is 0 Å². The molecule has 3 rings (SSSR count). The van der Waals surface area contributed by atoms with Crippen molar-refractivity contribution in [3.63, 3.8) is 0 Å². The molecule has 1 unspecified atom stereocenters. The van der Waals surface area contributed by atoms with Crippen LogP contribution in [-0.4, -0.2) is 48.6 Å². The lowest BCUT2D eigenvalue weighted by atomic mass is 10.0. The van der Waals surface area contributed by atoms with E-state index in [1.165, 1.54) is 0 Å². The number of benzene rings is 1. The Morgan fingerprint density at radius 3 is 2.37 bits per heavy atom. The van der Waals surface area contributed by atoms with E-state index < -0.39 is 27.3 Å². The van der Waals surface area contributed by atoms with E-state index >= 15 is 0 Å². The van der Waals surface area contributed by atoms with Crippen LogP contribution in [0, 0.1) is 5.92 Å². The largest absolute Gasteiger partial charge is 0.480 e. The van der Waals surface area contributed by atoms with Crippen LogP contribution in [-0.2, 0) is 19.6 Å². The fraction of sp³-hybridized carbons (Fsp3) is 0.579. The number of aliphatic carboxylic acids is 1. The van der Waals surface area contributed by atoms with Gasteiger partial charge in [0, 0.05) is 19.0 Å². The molecule has 2 fully saturated rings. The molecule has 2 aliphatic rings. The third-order valence-corrected chi connectivity index (χ3v) is 7.32. The van der Waals surface area contributed by atoms with Gasteiger partial charge in [0.15, 0.2) is 0 Å². The van der Waals surface area contributed by atoms with Crippen molar-refractivity contribution in [2.45, 2.75) is 49.8 Å². The van der Waals surface area contributed by atoms with Gasteiger partial charge in [-0.3, -0.25) is 9.59 Å². The number of hydrogen-bond acceptors (Lipinski definition) is 4. The molecule has 1 amide bonds. The van der Waals surface area contributed by atoms with Crippen molar-refractivity contribution in [2.24, 2.45) is 5.92 Å². The van der Waals surface area contributed by atoms with Crippen molar-refractivity contribution in [3.8, 4) is 0 Å². The highest BCUT2D eigenvalue weighted by Gasteiger charge is 2.37. The third kappa shape index (κ3) is 4.68. The molecule has 0 aromatic heterocycles. The lowest BCUT2D eigenvalue weighted by molar-refractivity contribution is -0.139. The van der Waals surface area contributed by atoms with E-state index in [2.05, 4.69) is 4.72 Å². The second kappa shape index (κ2) is 8.39. The van der Waals surface area contributed by atoms with E-state index in [1.807, 2.05) is 0 Å². The first-order chi connectivity index (χ1) is 12.9. The van der Waals surface area contributed by atoms with Crippen LogP contribution in [0.25, 0.3) is 0 Å². The summed E-state index contributed by atoms with van der Waals surface area (Å²) in [5, 5.41) is 8.69. The number of carboxylic acid groups (broad SMARTS) is 1. The molecule has 1 aromatic carbocycles. The molecule has 1 heterocycles. The molecule has 8 heteroatoms. The number of likely N-dealkylation sites (tertiary alicyclic amines) is 1. The Kier molecular flexibility index (Phi) is 6.16. The summed E-state index contributed by atoms with van der Waals surface area (Å²) in [7, 11) is -3.89. The summed E-state index contributed by atoms with van der Waals surface area (Å²) < 4.78 is 28.0. The van der Waals surface area contributed by atoms with Gasteiger partial charge in [-0.25, -0.2) is 8.42 Å². The normalized spacial score (nSPS) is 22.5. The van der Waals surface area contributed by atoms with Gasteiger partial charge in [-0.1, -0.05) is 43.2 Å². The van der Waals surface area contributed by atoms with Crippen LogP contribution in [0.3, 0.4) is 0 Å². The smallest absolute Gasteiger partial charge is 0.326 e. The summed E-state index contributed by atoms with van der Waals surface area (Å²) in [6.45, 7) is 0.703. The third-order valence-electron chi connectivity index (χ3n) is 5.50. The Hall–Kier alpha value is -1.93. The maximum atomic E-state index is 12.9. The Bertz CT molecular complexity index is 775. The van der Waals surface area contributed by atoms with E-state index in [1.54, 1.807) is 35.2 Å². The van der Waals surface area contributed by atoms with E-state index in [-0.39, 0.29) is 18.4 Å². The predicted octanol–water partition coefficient (Wildman–Crippen LogP) is 1.91. The molecule has 2 N–H and O–H groups in total. The molecule has 0 bridgehead atoms. The summed E-state index contributed by atoms with van der Waals surface area (Å²) >= 11 is 0. The standard InChI is InChI=1S/C19H26N2O5S/c22-18(15-9-4-5-10-15)21-12-6-11-16(13-21)27(25,26)20-17(19(23)24)14-7-2-1-3-8-14/h1-3,7-8,15-17,20H,4-6,9-13H2,(H,23,24)/t16?,17-/m1/s1. The van der Waals surface area contributed by atoms with Gasteiger partial charge in [-0.15, -0.1) is 0 Å². The van der Waals surface area contributed by atoms with Crippen LogP contribution >= 0.6 is 0 Å². The van der Waals surface area contributed by atoms with Crippen molar-refractivity contribution in [2.75, 3.05) is 13.1 Å². The summed E-state index contributed by atoms with van der Waals surface area (Å²) in [4.78, 5) is 25.9. The summed E-state index contributed by atoms with van der Waals surface area (Å²) in [6, 6.07) is 6.91. The quantitative estimate of drug-likeness (QED) is 0.767. The fourth-order valence-corrected chi connectivity index (χ4v) is 5.60. The second-order valence-electron chi connectivity index (χ2n) is 7.37. The molecule has 27 heavy (non-hydrogen) atoms. The number of nitrogens with one attached hydrogen (secondary N) is 1. The average Bonchev–Trinajstić information content (AvgIpc) is 3.21. The maximum Gasteiger partial charge on any atom is 0.326 e. The van der Waals surface area contributed by atoms with E-state index in [0.29, 0.717) is 24.9 Å². The summed E-state index contributed by atoms with van der Waals surface area (Å²) in [5.74, 6) is -1.19. The van der Waals surface area contributed by atoms with Gasteiger partial charge in [0.2, 0.25) is 15.9 Å². The fourth-order valence-electron chi connectivity index (χ4n) is 3.99. The molecule has 1 saturated heterocycles. The topological polar surface area (TPSA) is 104 Å². The zero-order valence-corrected chi connectivity index (χ0v) is 16.0. The molecule has 1 aliphatic carbocycles. The Morgan fingerprint density at radius 2 is 1.74 bits per heavy atom. The Labute approximate surface area is 159 Å². The SMILES string of the molecule is O=C(O)[C@H](NS(=O)(=O)C1CCCN(C(=O)C2CCCC2)C1)c1ccccc1. The monoisotopic (exact) mass is 394 g/mol. The highest BCUT2D eigenvalue weighted by Crippen LogP contribution is 2.28. The highest BCUT2D eigenvalue weighted by atomic mass is 32.2. The number of piperidine rings is 1. The van der Waals surface area contributed by atoms with Crippen molar-refractivity contribution < 1.29 is 23.1 Å². The van der Waals surface area contributed by atoms with Crippen LogP contribution in [0.15, 0.2) is 30.3 Å². The minimum Gasteiger partial charge on any atom is -0.480 e. The van der Waals surface area contributed by atoms with E-state index in [4.69, 9.17) is 0 Å². The highest BCUT2D eigenvalue weighted by molar-refractivity contribution is 7.90. The predicted molar refractivity (Wildman–Crippen MR) is 100 cm³/mol. The van der Waals surface area contributed by atoms with Gasteiger partial charge in [-0.2, -0.15) is 4.72 Å². The van der Waals surface area contributed by atoms with Gasteiger partial charge < -0.3 is 10.0 Å². The lowest BCUT2D eigenvalue weighted by Gasteiger charge is -2.34. The van der Waals surface area contributed by atoms with Crippen LogP contribution in [0.1, 0.15) is 50.1 Å². The molecule has 1 saturated carbocycles. The second-order valence-corrected chi connectivity index (χ2v) is 9.37. The number of sulfonamides is 1. The van der Waals surface area contributed by atoms with Crippen LogP contribution < -0.4 is 4.72 Å². The van der Waals surface area contributed by atoms with Gasteiger partial charge in [-0.05, 0) is 31.2 Å². The Morgan fingerprint density at radius 1 is 1.07 bits per heavy atom. The van der Waals surface area contributed by atoms with Crippen LogP contribution in [0.4, 0.5) is 0 Å². The van der Waals surface area contributed by atoms with Gasteiger partial charge in [0.05, 0.1) is 5.25 Å². The molecule has 1 aromatic rings. The van der Waals surface area contributed by atoms with E-state index in [0.717, 1.165) is 25.7 Å². The number of hydrogen-bond donors (Lipinski definition) is 2. The molecular weight excluding hydrogens is 368 g/mol. The first-order valence-electron chi connectivity index (χ1n) is 9.46. The average molecular weight is 394 g/mol. The lowest BCUT2D eigenvalue weighted by Crippen LogP contribution is -2.50. The zero-order valence-electron chi connectivity index (χ0n) is 15.2.